The van der Waals surface area contributed by atoms with Crippen molar-refractivity contribution < 1.29 is 8.42 Å². The quantitative estimate of drug-likeness (QED) is 0.796. The third-order valence-corrected chi connectivity index (χ3v) is 7.70. The van der Waals surface area contributed by atoms with Crippen molar-refractivity contribution in [1.82, 2.24) is 9.21 Å². The fraction of sp³-hybridized carbons (Fsp3) is 0.400. The molecule has 4 rings (SSSR count). The SMILES string of the molecule is Cc1ccc([N+]2(S(N)(=O)=O)CC3(CCNCC3)c3ccccc32)cc1C. The monoisotopic (exact) mass is 372 g/mol. The maximum atomic E-state index is 13.1. The maximum absolute atomic E-state index is 13.1. The number of fused-ring (bicyclic) bond motifs is 2. The van der Waals surface area contributed by atoms with Crippen LogP contribution in [-0.4, -0.2) is 28.1 Å². The van der Waals surface area contributed by atoms with Gasteiger partial charge in [0, 0.05) is 23.8 Å². The summed E-state index contributed by atoms with van der Waals surface area (Å²) in [6.45, 7) is 6.31. The highest BCUT2D eigenvalue weighted by Gasteiger charge is 2.60. The van der Waals surface area contributed by atoms with E-state index in [4.69, 9.17) is 5.14 Å². The maximum Gasteiger partial charge on any atom is 0.377 e. The topological polar surface area (TPSA) is 72.2 Å². The van der Waals surface area contributed by atoms with Gasteiger partial charge in [0.2, 0.25) is 0 Å². The first-order valence-electron chi connectivity index (χ1n) is 9.10. The minimum absolute atomic E-state index is 0.160. The summed E-state index contributed by atoms with van der Waals surface area (Å²) < 4.78 is 25.9. The number of benzene rings is 2. The number of hydrogen-bond donors (Lipinski definition) is 2. The molecular weight excluding hydrogens is 346 g/mol. The minimum Gasteiger partial charge on any atom is -0.317 e. The van der Waals surface area contributed by atoms with Crippen LogP contribution in [0.5, 0.6) is 0 Å². The van der Waals surface area contributed by atoms with E-state index in [9.17, 15) is 8.42 Å². The molecule has 2 aliphatic rings. The minimum atomic E-state index is -3.92. The number of aryl methyl sites for hydroxylation is 2. The van der Waals surface area contributed by atoms with E-state index in [1.54, 1.807) is 0 Å². The first-order chi connectivity index (χ1) is 12.3. The van der Waals surface area contributed by atoms with Gasteiger partial charge in [-0.25, -0.2) is 0 Å². The summed E-state index contributed by atoms with van der Waals surface area (Å²) in [6, 6.07) is 13.8. The van der Waals surface area contributed by atoms with Crippen molar-refractivity contribution in [3.05, 3.63) is 59.2 Å². The van der Waals surface area contributed by atoms with Crippen molar-refractivity contribution in [2.24, 2.45) is 5.14 Å². The van der Waals surface area contributed by atoms with E-state index in [-0.39, 0.29) is 9.30 Å². The van der Waals surface area contributed by atoms with E-state index < -0.39 is 10.2 Å². The number of nitrogens with one attached hydrogen (secondary N) is 1. The lowest BCUT2D eigenvalue weighted by molar-refractivity contribution is 0.296. The lowest BCUT2D eigenvalue weighted by Crippen LogP contribution is -2.56. The molecule has 2 aromatic carbocycles. The molecule has 3 N–H and O–H groups in total. The molecule has 5 nitrogen and oxygen atoms in total. The van der Waals surface area contributed by atoms with E-state index >= 15 is 0 Å². The van der Waals surface area contributed by atoms with Gasteiger partial charge in [-0.1, -0.05) is 24.3 Å². The summed E-state index contributed by atoms with van der Waals surface area (Å²) in [5.74, 6) is 0. The lowest BCUT2D eigenvalue weighted by Gasteiger charge is -2.36. The number of para-hydroxylation sites is 1. The first kappa shape index (κ1) is 17.7. The van der Waals surface area contributed by atoms with Crippen molar-refractivity contribution in [2.75, 3.05) is 19.6 Å². The van der Waals surface area contributed by atoms with Crippen molar-refractivity contribution in [3.63, 3.8) is 0 Å². The van der Waals surface area contributed by atoms with Crippen LogP contribution >= 0.6 is 0 Å². The van der Waals surface area contributed by atoms with E-state index in [0.717, 1.165) is 54.0 Å². The number of rotatable bonds is 2. The molecule has 1 atom stereocenters. The van der Waals surface area contributed by atoms with Crippen molar-refractivity contribution in [3.8, 4) is 0 Å². The zero-order chi connectivity index (χ0) is 18.6. The standard InChI is InChI=1S/C20H26N3O2S/c1-15-7-8-17(13-16(15)2)23(26(21,24)25)14-20(9-11-22-12-10-20)18-5-3-4-6-19(18)23/h3-8,13,22H,9-12,14H2,1-2H3,(H2,21,24,25)/q+1. The number of quaternary nitrogens is 1. The molecule has 26 heavy (non-hydrogen) atoms. The van der Waals surface area contributed by atoms with E-state index in [1.807, 2.05) is 50.2 Å². The number of hydrogen-bond acceptors (Lipinski definition) is 3. The van der Waals surface area contributed by atoms with E-state index in [1.165, 1.54) is 0 Å². The zero-order valence-corrected chi connectivity index (χ0v) is 16.1. The van der Waals surface area contributed by atoms with Gasteiger partial charge >= 0.3 is 10.2 Å². The number of nitrogens with zero attached hydrogens (tertiary/aromatic N) is 1. The average molecular weight is 373 g/mol. The fourth-order valence-corrected chi connectivity index (χ4v) is 5.99. The summed E-state index contributed by atoms with van der Waals surface area (Å²) >= 11 is 0. The van der Waals surface area contributed by atoms with Gasteiger partial charge in [0.1, 0.15) is 6.54 Å². The molecule has 138 valence electrons. The second-order valence-corrected chi connectivity index (χ2v) is 9.38. The predicted octanol–water partition coefficient (Wildman–Crippen LogP) is 2.78. The second-order valence-electron chi connectivity index (χ2n) is 7.73. The third-order valence-electron chi connectivity index (χ3n) is 6.29. The molecule has 6 heteroatoms. The Labute approximate surface area is 155 Å². The zero-order valence-electron chi connectivity index (χ0n) is 15.3. The van der Waals surface area contributed by atoms with Crippen LogP contribution in [0.25, 0.3) is 0 Å². The van der Waals surface area contributed by atoms with Gasteiger partial charge in [0.05, 0.1) is 5.41 Å². The van der Waals surface area contributed by atoms with Crippen molar-refractivity contribution in [1.29, 1.82) is 0 Å². The molecule has 0 saturated carbocycles. The molecule has 1 fully saturated rings. The summed E-state index contributed by atoms with van der Waals surface area (Å²) in [5.41, 5.74) is 4.73. The fourth-order valence-electron chi connectivity index (χ4n) is 4.72. The Hall–Kier alpha value is -1.73. The Morgan fingerprint density at radius 2 is 1.73 bits per heavy atom. The van der Waals surface area contributed by atoms with Crippen LogP contribution in [-0.2, 0) is 15.6 Å². The predicted molar refractivity (Wildman–Crippen MR) is 106 cm³/mol. The molecule has 2 heterocycles. The Balaban J connectivity index is 2.03. The molecule has 0 amide bonds. The highest BCUT2D eigenvalue weighted by atomic mass is 32.2. The van der Waals surface area contributed by atoms with E-state index in [0.29, 0.717) is 6.54 Å². The first-order valence-corrected chi connectivity index (χ1v) is 10.6. The van der Waals surface area contributed by atoms with Crippen LogP contribution in [0.4, 0.5) is 11.4 Å². The second kappa shape index (κ2) is 5.89. The molecule has 1 unspecified atom stereocenters. The van der Waals surface area contributed by atoms with Gasteiger partial charge in [-0.15, -0.1) is 3.89 Å². The van der Waals surface area contributed by atoms with Gasteiger partial charge in [-0.2, -0.15) is 13.6 Å². The van der Waals surface area contributed by atoms with Crippen LogP contribution in [0, 0.1) is 13.8 Å². The van der Waals surface area contributed by atoms with Crippen molar-refractivity contribution >= 4 is 21.6 Å². The van der Waals surface area contributed by atoms with Gasteiger partial charge < -0.3 is 5.32 Å². The van der Waals surface area contributed by atoms with Gasteiger partial charge in [-0.05, 0) is 50.9 Å². The normalized spacial score (nSPS) is 24.6. The Bertz CT molecular complexity index is 965. The summed E-state index contributed by atoms with van der Waals surface area (Å²) in [4.78, 5) is 0. The van der Waals surface area contributed by atoms with E-state index in [2.05, 4.69) is 11.4 Å². The van der Waals surface area contributed by atoms with Gasteiger partial charge in [0.25, 0.3) is 0 Å². The molecule has 2 aliphatic heterocycles. The Morgan fingerprint density at radius 1 is 1.04 bits per heavy atom. The summed E-state index contributed by atoms with van der Waals surface area (Å²) in [6.07, 6.45) is 1.84. The molecule has 0 radical (unpaired) electrons. The molecule has 1 spiro atoms. The molecule has 1 saturated heterocycles. The van der Waals surface area contributed by atoms with Crippen LogP contribution in [0.1, 0.15) is 29.5 Å². The average Bonchev–Trinajstić information content (AvgIpc) is 2.90. The van der Waals surface area contributed by atoms with Crippen LogP contribution in [0.15, 0.2) is 42.5 Å². The highest BCUT2D eigenvalue weighted by Crippen LogP contribution is 2.54. The van der Waals surface area contributed by atoms with Crippen LogP contribution in [0.2, 0.25) is 0 Å². The Kier molecular flexibility index (Phi) is 4.00. The number of piperidine rings is 1. The molecule has 2 aromatic rings. The smallest absolute Gasteiger partial charge is 0.317 e. The van der Waals surface area contributed by atoms with Crippen LogP contribution < -0.4 is 14.3 Å². The van der Waals surface area contributed by atoms with Crippen LogP contribution in [0.3, 0.4) is 0 Å². The molecule has 0 bridgehead atoms. The molecule has 0 aliphatic carbocycles. The largest absolute Gasteiger partial charge is 0.377 e. The Morgan fingerprint density at radius 3 is 2.38 bits per heavy atom. The van der Waals surface area contributed by atoms with Crippen molar-refractivity contribution in [2.45, 2.75) is 32.1 Å². The molecule has 0 aromatic heterocycles. The van der Waals surface area contributed by atoms with Gasteiger partial charge in [-0.3, -0.25) is 0 Å². The summed E-state index contributed by atoms with van der Waals surface area (Å²) in [7, 11) is -3.92. The summed E-state index contributed by atoms with van der Waals surface area (Å²) in [5, 5.41) is 9.33. The van der Waals surface area contributed by atoms with Gasteiger partial charge in [0.15, 0.2) is 11.4 Å². The molecular formula is C20H26N3O2S+. The highest BCUT2D eigenvalue weighted by molar-refractivity contribution is 7.89. The lowest BCUT2D eigenvalue weighted by atomic mass is 9.75. The third kappa shape index (κ3) is 2.36. The number of nitrogens with two attached hydrogens (primary N) is 1.